The maximum Gasteiger partial charge on any atom is 0.251 e. The van der Waals surface area contributed by atoms with Crippen molar-refractivity contribution in [3.8, 4) is 0 Å². The van der Waals surface area contributed by atoms with Crippen molar-refractivity contribution in [1.29, 1.82) is 0 Å². The van der Waals surface area contributed by atoms with E-state index >= 15 is 0 Å². The molecule has 0 aliphatic heterocycles. The van der Waals surface area contributed by atoms with Crippen molar-refractivity contribution < 1.29 is 4.79 Å². The number of nitrogens with one attached hydrogen (secondary N) is 1. The third kappa shape index (κ3) is 9.47. The van der Waals surface area contributed by atoms with Crippen molar-refractivity contribution in [2.24, 2.45) is 0 Å². The van der Waals surface area contributed by atoms with Crippen LogP contribution in [0, 0.1) is 0 Å². The molecule has 2 aromatic carbocycles. The number of hydrogen-bond donors (Lipinski definition) is 1. The molecule has 2 nitrogen and oxygen atoms in total. The quantitative estimate of drug-likeness (QED) is 0.286. The van der Waals surface area contributed by atoms with Gasteiger partial charge < -0.3 is 5.32 Å². The van der Waals surface area contributed by atoms with Crippen molar-refractivity contribution in [1.82, 2.24) is 5.32 Å². The number of benzene rings is 2. The fraction of sp³-hybridized carbons (Fsp3) is 0.593. The molecule has 2 heteroatoms. The Morgan fingerprint density at radius 3 is 1.79 bits per heavy atom. The molecule has 0 aromatic heterocycles. The van der Waals surface area contributed by atoms with Crippen LogP contribution in [0.25, 0.3) is 10.8 Å². The topological polar surface area (TPSA) is 29.1 Å². The van der Waals surface area contributed by atoms with E-state index in [0.717, 1.165) is 29.3 Å². The Balaban J connectivity index is 1.44. The molecule has 0 radical (unpaired) electrons. The van der Waals surface area contributed by atoms with Crippen LogP contribution in [0.1, 0.15) is 107 Å². The number of amides is 1. The second-order valence-electron chi connectivity index (χ2n) is 8.38. The molecule has 0 bridgehead atoms. The largest absolute Gasteiger partial charge is 0.352 e. The molecule has 0 aliphatic carbocycles. The molecule has 1 amide bonds. The molecule has 0 saturated heterocycles. The fourth-order valence-electron chi connectivity index (χ4n) is 4.04. The van der Waals surface area contributed by atoms with Gasteiger partial charge in [0.15, 0.2) is 0 Å². The lowest BCUT2D eigenvalue weighted by molar-refractivity contribution is 0.0954. The van der Waals surface area contributed by atoms with Crippen LogP contribution in [0.3, 0.4) is 0 Å². The van der Waals surface area contributed by atoms with E-state index < -0.39 is 0 Å². The Kier molecular flexibility index (Phi) is 12.2. The third-order valence-electron chi connectivity index (χ3n) is 5.85. The highest BCUT2D eigenvalue weighted by Crippen LogP contribution is 2.18. The van der Waals surface area contributed by atoms with Crippen LogP contribution in [0.15, 0.2) is 42.5 Å². The molecule has 160 valence electrons. The van der Waals surface area contributed by atoms with Gasteiger partial charge in [0, 0.05) is 12.1 Å². The van der Waals surface area contributed by atoms with Crippen molar-refractivity contribution in [2.75, 3.05) is 6.54 Å². The molecule has 2 rings (SSSR count). The molecular formula is C27H41NO. The maximum absolute atomic E-state index is 12.5. The average Bonchev–Trinajstić information content (AvgIpc) is 2.76. The minimum Gasteiger partial charge on any atom is -0.352 e. The van der Waals surface area contributed by atoms with Gasteiger partial charge in [0.2, 0.25) is 0 Å². The summed E-state index contributed by atoms with van der Waals surface area (Å²) in [6.07, 6.45) is 19.0. The Hall–Kier alpha value is -1.83. The molecule has 0 fully saturated rings. The Bertz CT molecular complexity index is 689. The van der Waals surface area contributed by atoms with Gasteiger partial charge in [0.05, 0.1) is 0 Å². The molecule has 29 heavy (non-hydrogen) atoms. The second-order valence-corrected chi connectivity index (χ2v) is 8.38. The summed E-state index contributed by atoms with van der Waals surface area (Å²) in [5, 5.41) is 5.25. The van der Waals surface area contributed by atoms with E-state index in [1.54, 1.807) is 0 Å². The second kappa shape index (κ2) is 15.1. The summed E-state index contributed by atoms with van der Waals surface area (Å²) in [5.74, 6) is 0.0523. The van der Waals surface area contributed by atoms with Crippen LogP contribution in [-0.2, 0) is 0 Å². The minimum atomic E-state index is 0.0523. The van der Waals surface area contributed by atoms with Crippen LogP contribution in [0.2, 0.25) is 0 Å². The van der Waals surface area contributed by atoms with Crippen molar-refractivity contribution in [2.45, 2.75) is 96.8 Å². The predicted octanol–water partition coefficient (Wildman–Crippen LogP) is 8.05. The van der Waals surface area contributed by atoms with E-state index in [0.29, 0.717) is 0 Å². The fourth-order valence-corrected chi connectivity index (χ4v) is 4.04. The summed E-state index contributed by atoms with van der Waals surface area (Å²) in [6.45, 7) is 3.06. The van der Waals surface area contributed by atoms with Gasteiger partial charge in [-0.05, 0) is 23.3 Å². The standard InChI is InChI=1S/C27H41NO/c1-2-3-4-5-6-7-8-9-10-11-12-13-14-17-23-28-27(29)26-22-18-20-24-19-15-16-21-25(24)26/h15-16,18-22H,2-14,17,23H2,1H3,(H,28,29). The Morgan fingerprint density at radius 1 is 0.655 bits per heavy atom. The smallest absolute Gasteiger partial charge is 0.251 e. The molecule has 0 heterocycles. The van der Waals surface area contributed by atoms with Gasteiger partial charge in [-0.1, -0.05) is 127 Å². The van der Waals surface area contributed by atoms with Crippen LogP contribution < -0.4 is 5.32 Å². The van der Waals surface area contributed by atoms with E-state index in [-0.39, 0.29) is 5.91 Å². The Morgan fingerprint density at radius 2 is 1.17 bits per heavy atom. The number of unbranched alkanes of at least 4 members (excludes halogenated alkanes) is 13. The molecule has 0 saturated carbocycles. The zero-order valence-electron chi connectivity index (χ0n) is 18.6. The van der Waals surface area contributed by atoms with Crippen molar-refractivity contribution >= 4 is 16.7 Å². The van der Waals surface area contributed by atoms with E-state index in [2.05, 4.69) is 24.4 Å². The minimum absolute atomic E-state index is 0.0523. The summed E-state index contributed by atoms with van der Waals surface area (Å²) in [5.41, 5.74) is 0.786. The number of carbonyl (C=O) groups is 1. The predicted molar refractivity (Wildman–Crippen MR) is 127 cm³/mol. The number of carbonyl (C=O) groups excluding carboxylic acids is 1. The highest BCUT2D eigenvalue weighted by atomic mass is 16.1. The first-order chi connectivity index (χ1) is 14.3. The first-order valence-electron chi connectivity index (χ1n) is 12.1. The number of hydrogen-bond acceptors (Lipinski definition) is 1. The number of rotatable bonds is 16. The van der Waals surface area contributed by atoms with Gasteiger partial charge >= 0.3 is 0 Å². The van der Waals surface area contributed by atoms with Crippen LogP contribution in [-0.4, -0.2) is 12.5 Å². The maximum atomic E-state index is 12.5. The normalized spacial score (nSPS) is 11.1. The summed E-state index contributed by atoms with van der Waals surface area (Å²) in [6, 6.07) is 14.0. The van der Waals surface area contributed by atoms with Gasteiger partial charge in [0.25, 0.3) is 5.91 Å². The summed E-state index contributed by atoms with van der Waals surface area (Å²) < 4.78 is 0. The van der Waals surface area contributed by atoms with Gasteiger partial charge in [-0.15, -0.1) is 0 Å². The third-order valence-corrected chi connectivity index (χ3v) is 5.85. The van der Waals surface area contributed by atoms with Crippen LogP contribution in [0.5, 0.6) is 0 Å². The summed E-state index contributed by atoms with van der Waals surface area (Å²) in [7, 11) is 0. The lowest BCUT2D eigenvalue weighted by atomic mass is 10.0. The summed E-state index contributed by atoms with van der Waals surface area (Å²) >= 11 is 0. The molecule has 0 aliphatic rings. The zero-order valence-corrected chi connectivity index (χ0v) is 18.6. The van der Waals surface area contributed by atoms with Crippen LogP contribution >= 0.6 is 0 Å². The SMILES string of the molecule is CCCCCCCCCCCCCCCCNC(=O)c1cccc2ccccc12. The van der Waals surface area contributed by atoms with Gasteiger partial charge in [-0.2, -0.15) is 0 Å². The highest BCUT2D eigenvalue weighted by Gasteiger charge is 2.08. The lowest BCUT2D eigenvalue weighted by Crippen LogP contribution is -2.24. The molecule has 1 N–H and O–H groups in total. The van der Waals surface area contributed by atoms with Gasteiger partial charge in [0.1, 0.15) is 0 Å². The Labute approximate surface area is 178 Å². The van der Waals surface area contributed by atoms with Crippen molar-refractivity contribution in [3.05, 3.63) is 48.0 Å². The molecule has 2 aromatic rings. The van der Waals surface area contributed by atoms with Crippen molar-refractivity contribution in [3.63, 3.8) is 0 Å². The zero-order chi connectivity index (χ0) is 20.6. The number of fused-ring (bicyclic) bond motifs is 1. The highest BCUT2D eigenvalue weighted by molar-refractivity contribution is 6.06. The monoisotopic (exact) mass is 395 g/mol. The lowest BCUT2D eigenvalue weighted by Gasteiger charge is -2.08. The van der Waals surface area contributed by atoms with Gasteiger partial charge in [-0.25, -0.2) is 0 Å². The average molecular weight is 396 g/mol. The van der Waals surface area contributed by atoms with E-state index in [9.17, 15) is 4.79 Å². The van der Waals surface area contributed by atoms with E-state index in [4.69, 9.17) is 0 Å². The van der Waals surface area contributed by atoms with Gasteiger partial charge in [-0.3, -0.25) is 4.79 Å². The van der Waals surface area contributed by atoms with E-state index in [1.807, 2.05) is 30.3 Å². The first kappa shape index (κ1) is 23.4. The molecule has 0 spiro atoms. The molecule has 0 atom stereocenters. The van der Waals surface area contributed by atoms with Crippen LogP contribution in [0.4, 0.5) is 0 Å². The summed E-state index contributed by atoms with van der Waals surface area (Å²) in [4.78, 5) is 12.5. The molecular weight excluding hydrogens is 354 g/mol. The van der Waals surface area contributed by atoms with E-state index in [1.165, 1.54) is 83.5 Å². The first-order valence-corrected chi connectivity index (χ1v) is 12.1. The molecule has 0 unspecified atom stereocenters.